The molecule has 6 nitrogen and oxygen atoms in total. The molecule has 0 unspecified atom stereocenters. The van der Waals surface area contributed by atoms with Gasteiger partial charge in [-0.1, -0.05) is 6.58 Å². The molecule has 2 heterocycles. The Kier molecular flexibility index (Phi) is 4.60. The third-order valence-electron chi connectivity index (χ3n) is 3.99. The van der Waals surface area contributed by atoms with Gasteiger partial charge in [-0.2, -0.15) is 0 Å². The number of aliphatic imine (C=N–C) groups is 1. The summed E-state index contributed by atoms with van der Waals surface area (Å²) in [6, 6.07) is 0. The molecule has 0 bridgehead atoms. The van der Waals surface area contributed by atoms with Gasteiger partial charge in [0.25, 0.3) is 0 Å². The van der Waals surface area contributed by atoms with Crippen molar-refractivity contribution >= 4 is 19.0 Å². The molecular formula is C15H26N3O3P. The predicted octanol–water partition coefficient (Wildman–Crippen LogP) is 0.580. The van der Waals surface area contributed by atoms with Crippen LogP contribution in [0.1, 0.15) is 13.3 Å². The van der Waals surface area contributed by atoms with Gasteiger partial charge in [-0.25, -0.2) is 4.99 Å². The van der Waals surface area contributed by atoms with E-state index in [4.69, 9.17) is 10.5 Å². The van der Waals surface area contributed by atoms with Crippen LogP contribution in [0.2, 0.25) is 0 Å². The molecule has 0 saturated carbocycles. The predicted molar refractivity (Wildman–Crippen MR) is 92.4 cm³/mol. The Labute approximate surface area is 131 Å². The number of aliphatic hydroxyl groups excluding tert-OH is 1. The van der Waals surface area contributed by atoms with E-state index >= 15 is 0 Å². The first-order chi connectivity index (χ1) is 10.0. The summed E-state index contributed by atoms with van der Waals surface area (Å²) in [6.07, 6.45) is 6.82. The van der Waals surface area contributed by atoms with Gasteiger partial charge in [0.1, 0.15) is 23.4 Å². The average Bonchev–Trinajstić information content (AvgIpc) is 2.59. The van der Waals surface area contributed by atoms with Crippen LogP contribution in [0.3, 0.4) is 0 Å². The van der Waals surface area contributed by atoms with Crippen molar-refractivity contribution in [3.05, 3.63) is 24.7 Å². The van der Waals surface area contributed by atoms with E-state index in [1.54, 1.807) is 24.1 Å². The van der Waals surface area contributed by atoms with Crippen LogP contribution in [-0.4, -0.2) is 70.8 Å². The minimum Gasteiger partial charge on any atom is -0.387 e. The van der Waals surface area contributed by atoms with Gasteiger partial charge in [0.2, 0.25) is 0 Å². The number of hydrogen-bond donors (Lipinski definition) is 3. The maximum atomic E-state index is 10.7. The molecule has 2 aliphatic heterocycles. The lowest BCUT2D eigenvalue weighted by Crippen LogP contribution is -2.51. The van der Waals surface area contributed by atoms with E-state index in [9.17, 15) is 10.2 Å². The molecule has 0 aromatic rings. The largest absolute Gasteiger partial charge is 0.387 e. The first-order valence-corrected chi connectivity index (χ1v) is 10.3. The molecule has 0 aromatic carbocycles. The lowest BCUT2D eigenvalue weighted by Gasteiger charge is -2.35. The van der Waals surface area contributed by atoms with Gasteiger partial charge >= 0.3 is 0 Å². The molecule has 1 fully saturated rings. The fourth-order valence-corrected chi connectivity index (χ4v) is 3.60. The van der Waals surface area contributed by atoms with Crippen LogP contribution in [-0.2, 0) is 4.74 Å². The van der Waals surface area contributed by atoms with Gasteiger partial charge in [0.15, 0.2) is 6.23 Å². The molecular weight excluding hydrogens is 301 g/mol. The maximum absolute atomic E-state index is 10.7. The Bertz CT molecular complexity index is 564. The van der Waals surface area contributed by atoms with Gasteiger partial charge in [-0.3, -0.25) is 0 Å². The Balaban J connectivity index is 2.15. The van der Waals surface area contributed by atoms with Crippen LogP contribution >= 0.6 is 6.89 Å². The molecule has 4 atom stereocenters. The highest BCUT2D eigenvalue weighted by Gasteiger charge is 2.54. The van der Waals surface area contributed by atoms with E-state index in [-0.39, 0.29) is 0 Å². The molecule has 2 aliphatic rings. The van der Waals surface area contributed by atoms with Crippen LogP contribution in [0.5, 0.6) is 0 Å². The third-order valence-corrected chi connectivity index (χ3v) is 5.46. The van der Waals surface area contributed by atoms with Crippen LogP contribution in [0, 0.1) is 0 Å². The van der Waals surface area contributed by atoms with E-state index in [1.165, 1.54) is 0 Å². The van der Waals surface area contributed by atoms with Crippen molar-refractivity contribution in [1.29, 1.82) is 0 Å². The van der Waals surface area contributed by atoms with E-state index in [0.29, 0.717) is 18.1 Å². The summed E-state index contributed by atoms with van der Waals surface area (Å²) < 4.78 is 5.92. The number of rotatable bonds is 4. The highest BCUT2D eigenvalue weighted by molar-refractivity contribution is 7.72. The topological polar surface area (TPSA) is 91.3 Å². The summed E-state index contributed by atoms with van der Waals surface area (Å²) in [5.74, 6) is 0.725. The minimum atomic E-state index is -1.43. The van der Waals surface area contributed by atoms with E-state index in [1.807, 2.05) is 0 Å². The highest BCUT2D eigenvalue weighted by Crippen LogP contribution is 2.41. The van der Waals surface area contributed by atoms with E-state index in [2.05, 4.69) is 31.2 Å². The average molecular weight is 327 g/mol. The third kappa shape index (κ3) is 3.46. The van der Waals surface area contributed by atoms with Gasteiger partial charge in [-0.05, 0) is 38.9 Å². The first kappa shape index (κ1) is 17.3. The summed E-state index contributed by atoms with van der Waals surface area (Å²) in [7, 11) is 0. The normalized spacial score (nSPS) is 35.9. The zero-order valence-electron chi connectivity index (χ0n) is 13.4. The van der Waals surface area contributed by atoms with Crippen LogP contribution < -0.4 is 5.73 Å². The second kappa shape index (κ2) is 5.85. The number of nitrogens with two attached hydrogens (primary N) is 1. The van der Waals surface area contributed by atoms with Gasteiger partial charge < -0.3 is 25.6 Å². The van der Waals surface area contributed by atoms with Crippen molar-refractivity contribution < 1.29 is 14.9 Å². The lowest BCUT2D eigenvalue weighted by atomic mass is 9.95. The molecule has 22 heavy (non-hydrogen) atoms. The molecule has 1 saturated heterocycles. The van der Waals surface area contributed by atoms with Crippen molar-refractivity contribution in [2.24, 2.45) is 10.7 Å². The highest BCUT2D eigenvalue weighted by atomic mass is 31.2. The number of nitrogens with zero attached hydrogens (tertiary/aromatic N) is 2. The van der Waals surface area contributed by atoms with Crippen molar-refractivity contribution in [3.63, 3.8) is 0 Å². The number of hydrogen-bond acceptors (Lipinski definition) is 6. The summed E-state index contributed by atoms with van der Waals surface area (Å²) in [5, 5.41) is 21.1. The van der Waals surface area contributed by atoms with Gasteiger partial charge in [0, 0.05) is 6.20 Å². The van der Waals surface area contributed by atoms with E-state index < -0.39 is 30.9 Å². The maximum Gasteiger partial charge on any atom is 0.166 e. The van der Waals surface area contributed by atoms with Gasteiger partial charge in [0.05, 0.1) is 6.10 Å². The van der Waals surface area contributed by atoms with Gasteiger partial charge in [-0.15, -0.1) is 13.2 Å². The second-order valence-electron chi connectivity index (χ2n) is 6.82. The Morgan fingerprint density at radius 2 is 2.18 bits per heavy atom. The monoisotopic (exact) mass is 327 g/mol. The van der Waals surface area contributed by atoms with Crippen molar-refractivity contribution in [2.45, 2.75) is 37.4 Å². The Morgan fingerprint density at radius 1 is 1.55 bits per heavy atom. The van der Waals surface area contributed by atoms with Crippen LogP contribution in [0.4, 0.5) is 0 Å². The number of amidine groups is 1. The summed E-state index contributed by atoms with van der Waals surface area (Å²) in [4.78, 5) is 5.67. The first-order valence-electron chi connectivity index (χ1n) is 7.25. The molecule has 4 N–H and O–H groups in total. The van der Waals surface area contributed by atoms with Crippen molar-refractivity contribution in [2.75, 3.05) is 19.5 Å². The summed E-state index contributed by atoms with van der Waals surface area (Å²) >= 11 is 0. The molecule has 124 valence electrons. The van der Waals surface area contributed by atoms with Crippen LogP contribution in [0.15, 0.2) is 29.7 Å². The second-order valence-corrected chi connectivity index (χ2v) is 11.1. The minimum absolute atomic E-state index is 0.347. The fourth-order valence-electron chi connectivity index (χ4n) is 2.65. The molecule has 0 spiro atoms. The quantitative estimate of drug-likeness (QED) is 0.657. The molecule has 2 rings (SSSR count). The zero-order chi connectivity index (χ0) is 16.7. The Morgan fingerprint density at radius 3 is 2.73 bits per heavy atom. The SMILES string of the molecule is C=C1N=C(N)C=CN1[C@@H]1O[C@H](CCP(=C)(C)C)[C@@H](O)[C@]1(C)O. The standard InChI is InChI=1S/C15H26N3O3P/c1-10-17-12(16)6-8-18(10)14-15(2,20)13(19)11(21-14)7-9-22(3,4)5/h6,8,11,13-14,19-20H,1,3,7,9H2,2,4-5H3,(H2,16,17)/t11-,13-,14-,15+/m1/s1. The lowest BCUT2D eigenvalue weighted by molar-refractivity contribution is -0.109. The zero-order valence-corrected chi connectivity index (χ0v) is 14.3. The summed E-state index contributed by atoms with van der Waals surface area (Å²) in [5.41, 5.74) is 4.20. The van der Waals surface area contributed by atoms with E-state index in [0.717, 1.165) is 6.16 Å². The summed E-state index contributed by atoms with van der Waals surface area (Å²) in [6.45, 7) is 8.44. The number of aliphatic hydroxyl groups is 2. The molecule has 0 amide bonds. The molecule has 0 radical (unpaired) electrons. The Hall–Kier alpha value is -1.07. The molecule has 7 heteroatoms. The smallest absolute Gasteiger partial charge is 0.166 e. The fraction of sp³-hybridized carbons (Fsp3) is 0.600. The van der Waals surface area contributed by atoms with Crippen molar-refractivity contribution in [1.82, 2.24) is 4.90 Å². The van der Waals surface area contributed by atoms with Crippen molar-refractivity contribution in [3.8, 4) is 0 Å². The molecule has 0 aromatic heterocycles. The number of ether oxygens (including phenoxy) is 1. The van der Waals surface area contributed by atoms with Crippen LogP contribution in [0.25, 0.3) is 0 Å². The molecule has 0 aliphatic carbocycles.